The monoisotopic (exact) mass is 222 g/mol. The molecule has 0 aromatic carbocycles. The Kier molecular flexibility index (Phi) is 5.86. The molecule has 0 aliphatic rings. The average Bonchev–Trinajstić information content (AvgIpc) is 2.34. The maximum absolute atomic E-state index is 5.12. The first-order valence-corrected chi connectivity index (χ1v) is 6.03. The molecule has 0 bridgehead atoms. The highest BCUT2D eigenvalue weighted by Crippen LogP contribution is 2.09. The number of rotatable bonds is 7. The zero-order valence-corrected chi connectivity index (χ0v) is 10.5. The molecule has 0 aliphatic heterocycles. The second-order valence-corrected chi connectivity index (χ2v) is 3.93. The normalized spacial score (nSPS) is 12.4. The molecule has 1 atom stereocenters. The van der Waals surface area contributed by atoms with Crippen molar-refractivity contribution in [3.63, 3.8) is 0 Å². The van der Waals surface area contributed by atoms with E-state index in [4.69, 9.17) is 4.74 Å². The minimum Gasteiger partial charge on any atom is -0.481 e. The summed E-state index contributed by atoms with van der Waals surface area (Å²) in [5.74, 6) is 0.697. The van der Waals surface area contributed by atoms with Crippen LogP contribution in [0.3, 0.4) is 0 Å². The van der Waals surface area contributed by atoms with Gasteiger partial charge in [0.2, 0.25) is 5.88 Å². The first kappa shape index (κ1) is 13.0. The highest BCUT2D eigenvalue weighted by atomic mass is 16.5. The maximum Gasteiger partial charge on any atom is 0.213 e. The number of ether oxygens (including phenoxy) is 1. The van der Waals surface area contributed by atoms with Gasteiger partial charge in [0.05, 0.1) is 7.11 Å². The molecule has 16 heavy (non-hydrogen) atoms. The summed E-state index contributed by atoms with van der Waals surface area (Å²) in [6, 6.07) is 6.44. The summed E-state index contributed by atoms with van der Waals surface area (Å²) in [6.07, 6.45) is 3.26. The van der Waals surface area contributed by atoms with Gasteiger partial charge in [-0.2, -0.15) is 0 Å². The molecule has 1 heterocycles. The molecule has 1 unspecified atom stereocenters. The summed E-state index contributed by atoms with van der Waals surface area (Å²) in [7, 11) is 1.65. The van der Waals surface area contributed by atoms with Crippen molar-refractivity contribution in [2.45, 2.75) is 39.2 Å². The van der Waals surface area contributed by atoms with Crippen LogP contribution in [0.1, 0.15) is 32.4 Å². The van der Waals surface area contributed by atoms with Crippen LogP contribution < -0.4 is 10.1 Å². The van der Waals surface area contributed by atoms with Gasteiger partial charge in [0.1, 0.15) is 0 Å². The van der Waals surface area contributed by atoms with Crippen molar-refractivity contribution in [3.8, 4) is 5.88 Å². The van der Waals surface area contributed by atoms with Gasteiger partial charge in [-0.3, -0.25) is 0 Å². The second-order valence-electron chi connectivity index (χ2n) is 3.93. The summed E-state index contributed by atoms with van der Waals surface area (Å²) in [6.45, 7) is 5.46. The van der Waals surface area contributed by atoms with E-state index < -0.39 is 0 Å². The van der Waals surface area contributed by atoms with Crippen LogP contribution in [-0.2, 0) is 6.42 Å². The summed E-state index contributed by atoms with van der Waals surface area (Å²) in [5, 5.41) is 3.52. The number of nitrogens with one attached hydrogen (secondary N) is 1. The van der Waals surface area contributed by atoms with Crippen LogP contribution in [0, 0.1) is 0 Å². The summed E-state index contributed by atoms with van der Waals surface area (Å²) in [4.78, 5) is 4.42. The third kappa shape index (κ3) is 4.19. The van der Waals surface area contributed by atoms with Crippen molar-refractivity contribution in [3.05, 3.63) is 23.9 Å². The van der Waals surface area contributed by atoms with Gasteiger partial charge >= 0.3 is 0 Å². The van der Waals surface area contributed by atoms with Gasteiger partial charge in [0.15, 0.2) is 0 Å². The number of aromatic nitrogens is 1. The summed E-state index contributed by atoms with van der Waals surface area (Å²) in [5.41, 5.74) is 1.09. The smallest absolute Gasteiger partial charge is 0.213 e. The van der Waals surface area contributed by atoms with Gasteiger partial charge in [-0.25, -0.2) is 4.98 Å². The summed E-state index contributed by atoms with van der Waals surface area (Å²) >= 11 is 0. The first-order valence-electron chi connectivity index (χ1n) is 6.03. The fourth-order valence-corrected chi connectivity index (χ4v) is 1.65. The Hall–Kier alpha value is -1.09. The van der Waals surface area contributed by atoms with Gasteiger partial charge in [0.25, 0.3) is 0 Å². The van der Waals surface area contributed by atoms with E-state index in [1.807, 2.05) is 12.1 Å². The Morgan fingerprint density at radius 3 is 2.81 bits per heavy atom. The largest absolute Gasteiger partial charge is 0.481 e. The van der Waals surface area contributed by atoms with Crippen LogP contribution in [-0.4, -0.2) is 24.7 Å². The van der Waals surface area contributed by atoms with Gasteiger partial charge in [-0.1, -0.05) is 19.9 Å². The molecular formula is C13H22N2O. The zero-order valence-electron chi connectivity index (χ0n) is 10.5. The van der Waals surface area contributed by atoms with E-state index in [1.165, 1.54) is 6.42 Å². The number of hydrogen-bond acceptors (Lipinski definition) is 3. The molecule has 0 fully saturated rings. The van der Waals surface area contributed by atoms with Crippen molar-refractivity contribution < 1.29 is 4.74 Å². The number of methoxy groups -OCH3 is 1. The van der Waals surface area contributed by atoms with E-state index in [0.29, 0.717) is 11.9 Å². The molecule has 0 spiro atoms. The third-order valence-corrected chi connectivity index (χ3v) is 2.62. The molecule has 90 valence electrons. The molecule has 0 saturated heterocycles. The van der Waals surface area contributed by atoms with Crippen LogP contribution in [0.2, 0.25) is 0 Å². The third-order valence-electron chi connectivity index (χ3n) is 2.62. The molecule has 3 heteroatoms. The first-order chi connectivity index (χ1) is 7.80. The van der Waals surface area contributed by atoms with Crippen LogP contribution >= 0.6 is 0 Å². The van der Waals surface area contributed by atoms with Crippen LogP contribution in [0.5, 0.6) is 5.88 Å². The molecule has 1 N–H and O–H groups in total. The van der Waals surface area contributed by atoms with E-state index in [9.17, 15) is 0 Å². The van der Waals surface area contributed by atoms with Crippen molar-refractivity contribution in [2.24, 2.45) is 0 Å². The van der Waals surface area contributed by atoms with Gasteiger partial charge in [-0.05, 0) is 25.5 Å². The highest BCUT2D eigenvalue weighted by Gasteiger charge is 2.07. The van der Waals surface area contributed by atoms with E-state index >= 15 is 0 Å². The Balaban J connectivity index is 2.55. The molecule has 0 radical (unpaired) electrons. The second kappa shape index (κ2) is 7.23. The van der Waals surface area contributed by atoms with E-state index in [1.54, 1.807) is 7.11 Å². The lowest BCUT2D eigenvalue weighted by molar-refractivity contribution is 0.394. The molecular weight excluding hydrogens is 200 g/mol. The lowest BCUT2D eigenvalue weighted by atomic mass is 10.1. The van der Waals surface area contributed by atoms with E-state index in [-0.39, 0.29) is 0 Å². The number of nitrogens with zero attached hydrogens (tertiary/aromatic N) is 1. The van der Waals surface area contributed by atoms with Crippen LogP contribution in [0.4, 0.5) is 0 Å². The molecule has 0 saturated carbocycles. The van der Waals surface area contributed by atoms with Gasteiger partial charge in [0, 0.05) is 24.2 Å². The fraction of sp³-hybridized carbons (Fsp3) is 0.615. The Morgan fingerprint density at radius 2 is 2.19 bits per heavy atom. The van der Waals surface area contributed by atoms with Crippen LogP contribution in [0.15, 0.2) is 18.2 Å². The lowest BCUT2D eigenvalue weighted by Crippen LogP contribution is -2.31. The molecule has 0 amide bonds. The van der Waals surface area contributed by atoms with Gasteiger partial charge in [-0.15, -0.1) is 0 Å². The minimum absolute atomic E-state index is 0.513. The Labute approximate surface area is 98.2 Å². The van der Waals surface area contributed by atoms with E-state index in [2.05, 4.69) is 30.2 Å². The van der Waals surface area contributed by atoms with Crippen LogP contribution in [0.25, 0.3) is 0 Å². The fourth-order valence-electron chi connectivity index (χ4n) is 1.65. The zero-order chi connectivity index (χ0) is 11.8. The predicted molar refractivity (Wildman–Crippen MR) is 66.9 cm³/mol. The van der Waals surface area contributed by atoms with E-state index in [0.717, 1.165) is 25.1 Å². The molecule has 3 nitrogen and oxygen atoms in total. The van der Waals surface area contributed by atoms with Gasteiger partial charge < -0.3 is 10.1 Å². The Bertz CT molecular complexity index is 302. The SMILES string of the molecule is CCCNC(CC)Cc1cccc(OC)n1. The molecule has 1 aromatic rings. The van der Waals surface area contributed by atoms with Crippen molar-refractivity contribution in [1.82, 2.24) is 10.3 Å². The molecule has 1 rings (SSSR count). The number of hydrogen-bond donors (Lipinski definition) is 1. The quantitative estimate of drug-likeness (QED) is 0.769. The standard InChI is InChI=1S/C13H22N2O/c1-4-9-14-11(5-2)10-12-7-6-8-13(15-12)16-3/h6-8,11,14H,4-5,9-10H2,1-3H3. The number of pyridine rings is 1. The summed E-state index contributed by atoms with van der Waals surface area (Å²) < 4.78 is 5.12. The molecule has 0 aliphatic carbocycles. The average molecular weight is 222 g/mol. The lowest BCUT2D eigenvalue weighted by Gasteiger charge is -2.16. The highest BCUT2D eigenvalue weighted by molar-refractivity contribution is 5.16. The topological polar surface area (TPSA) is 34.1 Å². The van der Waals surface area contributed by atoms with Crippen molar-refractivity contribution >= 4 is 0 Å². The Morgan fingerprint density at radius 1 is 1.38 bits per heavy atom. The molecule has 1 aromatic heterocycles. The van der Waals surface area contributed by atoms with Crippen molar-refractivity contribution in [2.75, 3.05) is 13.7 Å². The predicted octanol–water partition coefficient (Wildman–Crippen LogP) is 2.41. The minimum atomic E-state index is 0.513. The van der Waals surface area contributed by atoms with Crippen molar-refractivity contribution in [1.29, 1.82) is 0 Å². The maximum atomic E-state index is 5.12.